The van der Waals surface area contributed by atoms with Crippen molar-refractivity contribution in [2.45, 2.75) is 109 Å². The van der Waals surface area contributed by atoms with Gasteiger partial charge in [-0.2, -0.15) is 0 Å². The predicted molar refractivity (Wildman–Crippen MR) is 130 cm³/mol. The van der Waals surface area contributed by atoms with E-state index in [4.69, 9.17) is 14.2 Å². The molecular weight excluding hydrogens is 400 g/mol. The van der Waals surface area contributed by atoms with E-state index in [1.165, 1.54) is 70.6 Å². The summed E-state index contributed by atoms with van der Waals surface area (Å²) in [4.78, 5) is 12.0. The zero-order valence-electron chi connectivity index (χ0n) is 20.1. The number of carbonyl (C=O) groups is 1. The second-order valence-corrected chi connectivity index (χ2v) is 8.85. The highest BCUT2D eigenvalue weighted by atomic mass is 16.7. The van der Waals surface area contributed by atoms with Crippen molar-refractivity contribution in [1.82, 2.24) is 0 Å². The molecule has 1 saturated heterocycles. The fourth-order valence-corrected chi connectivity index (χ4v) is 3.92. The first-order chi connectivity index (χ1) is 15.8. The molecule has 2 atom stereocenters. The molecule has 2 rings (SSSR count). The zero-order chi connectivity index (χ0) is 22.7. The van der Waals surface area contributed by atoms with E-state index in [0.717, 1.165) is 18.4 Å². The Bertz CT molecular complexity index is 613. The number of ether oxygens (including phenoxy) is 3. The molecule has 4 heteroatoms. The van der Waals surface area contributed by atoms with Gasteiger partial charge in [0.15, 0.2) is 6.29 Å². The lowest BCUT2D eigenvalue weighted by Gasteiger charge is -2.12. The van der Waals surface area contributed by atoms with Crippen LogP contribution < -0.4 is 0 Å². The monoisotopic (exact) mass is 444 g/mol. The summed E-state index contributed by atoms with van der Waals surface area (Å²) < 4.78 is 16.9. The van der Waals surface area contributed by atoms with E-state index in [2.05, 4.69) is 19.1 Å². The van der Waals surface area contributed by atoms with Crippen molar-refractivity contribution in [2.75, 3.05) is 13.2 Å². The number of carbonyl (C=O) groups excluding carboxylic acids is 1. The molecule has 0 aromatic heterocycles. The molecule has 0 radical (unpaired) electrons. The van der Waals surface area contributed by atoms with Crippen LogP contribution in [-0.2, 0) is 19.0 Å². The van der Waals surface area contributed by atoms with Gasteiger partial charge in [-0.1, -0.05) is 101 Å². The van der Waals surface area contributed by atoms with Crippen molar-refractivity contribution >= 4 is 5.97 Å². The van der Waals surface area contributed by atoms with Crippen LogP contribution in [0, 0.1) is 0 Å². The summed E-state index contributed by atoms with van der Waals surface area (Å²) in [6.45, 7) is 3.00. The summed E-state index contributed by atoms with van der Waals surface area (Å²) in [7, 11) is 0. The average molecular weight is 445 g/mol. The van der Waals surface area contributed by atoms with Gasteiger partial charge in [0.25, 0.3) is 0 Å². The Kier molecular flexibility index (Phi) is 14.8. The highest BCUT2D eigenvalue weighted by Crippen LogP contribution is 2.26. The molecule has 0 amide bonds. The Hall–Kier alpha value is -1.65. The van der Waals surface area contributed by atoms with E-state index in [0.29, 0.717) is 13.0 Å². The standard InChI is InChI=1S/C28H44O4/c1-2-3-4-5-6-7-8-9-10-11-12-13-14-15-19-22-27(29)30-23-26-24-31-28(32-26)25-20-17-16-18-21-25/h9-10,16-18,20-21,26,28H,2-8,11-15,19,22-24H2,1H3/b10-9+/t26-,28-/m1/s1. The van der Waals surface area contributed by atoms with E-state index in [-0.39, 0.29) is 25.0 Å². The van der Waals surface area contributed by atoms with Crippen LogP contribution in [-0.4, -0.2) is 25.3 Å². The second-order valence-electron chi connectivity index (χ2n) is 8.85. The van der Waals surface area contributed by atoms with Crippen LogP contribution in [0.4, 0.5) is 0 Å². The van der Waals surface area contributed by atoms with Crippen molar-refractivity contribution in [3.63, 3.8) is 0 Å². The normalized spacial score (nSPS) is 18.4. The maximum atomic E-state index is 12.0. The summed E-state index contributed by atoms with van der Waals surface area (Å²) in [5.41, 5.74) is 0.995. The number of benzene rings is 1. The van der Waals surface area contributed by atoms with Gasteiger partial charge in [-0.05, 0) is 32.1 Å². The fraction of sp³-hybridized carbons (Fsp3) is 0.679. The first kappa shape index (κ1) is 26.6. The summed E-state index contributed by atoms with van der Waals surface area (Å²) >= 11 is 0. The van der Waals surface area contributed by atoms with Crippen molar-refractivity contribution < 1.29 is 19.0 Å². The number of unbranched alkanes of at least 4 members (excludes halogenated alkanes) is 11. The first-order valence-electron chi connectivity index (χ1n) is 12.9. The summed E-state index contributed by atoms with van der Waals surface area (Å²) in [5, 5.41) is 0. The van der Waals surface area contributed by atoms with Crippen LogP contribution in [0.1, 0.15) is 109 Å². The average Bonchev–Trinajstić information content (AvgIpc) is 3.30. The highest BCUT2D eigenvalue weighted by molar-refractivity contribution is 5.69. The second kappa shape index (κ2) is 17.9. The van der Waals surface area contributed by atoms with Crippen molar-refractivity contribution in [3.05, 3.63) is 48.0 Å². The maximum absolute atomic E-state index is 12.0. The quantitative estimate of drug-likeness (QED) is 0.132. The SMILES string of the molecule is CCCCCCCC/C=C/CCCCCCCC(=O)OC[C@@H]1CO[C@@H](c2ccccc2)O1. The number of esters is 1. The first-order valence-corrected chi connectivity index (χ1v) is 12.9. The van der Waals surface area contributed by atoms with Crippen LogP contribution in [0.15, 0.2) is 42.5 Å². The Morgan fingerprint density at radius 2 is 1.53 bits per heavy atom. The van der Waals surface area contributed by atoms with Gasteiger partial charge in [-0.15, -0.1) is 0 Å². The van der Waals surface area contributed by atoms with Crippen LogP contribution in [0.3, 0.4) is 0 Å². The molecule has 1 aliphatic rings. The largest absolute Gasteiger partial charge is 0.463 e. The lowest BCUT2D eigenvalue weighted by molar-refractivity contribution is -0.148. The molecule has 0 unspecified atom stereocenters. The third-order valence-corrected chi connectivity index (χ3v) is 5.89. The van der Waals surface area contributed by atoms with Gasteiger partial charge in [0, 0.05) is 12.0 Å². The van der Waals surface area contributed by atoms with Crippen LogP contribution in [0.25, 0.3) is 0 Å². The molecule has 0 bridgehead atoms. The van der Waals surface area contributed by atoms with Crippen molar-refractivity contribution in [3.8, 4) is 0 Å². The predicted octanol–water partition coefficient (Wildman–Crippen LogP) is 7.68. The number of allylic oxidation sites excluding steroid dienone is 2. The van der Waals surface area contributed by atoms with Crippen LogP contribution in [0.2, 0.25) is 0 Å². The summed E-state index contributed by atoms with van der Waals surface area (Å²) in [6, 6.07) is 9.84. The molecule has 1 aliphatic heterocycles. The molecule has 0 N–H and O–H groups in total. The Labute approximate surface area is 195 Å². The smallest absolute Gasteiger partial charge is 0.305 e. The van der Waals surface area contributed by atoms with Crippen molar-refractivity contribution in [2.24, 2.45) is 0 Å². The van der Waals surface area contributed by atoms with E-state index < -0.39 is 0 Å². The molecule has 1 fully saturated rings. The molecule has 0 saturated carbocycles. The van der Waals surface area contributed by atoms with Gasteiger partial charge >= 0.3 is 5.97 Å². The lowest BCUT2D eigenvalue weighted by Crippen LogP contribution is -2.20. The molecule has 1 aromatic rings. The van der Waals surface area contributed by atoms with Gasteiger partial charge in [0.05, 0.1) is 6.61 Å². The van der Waals surface area contributed by atoms with Crippen molar-refractivity contribution in [1.29, 1.82) is 0 Å². The van der Waals surface area contributed by atoms with Gasteiger partial charge in [0.1, 0.15) is 12.7 Å². The minimum absolute atomic E-state index is 0.130. The molecule has 180 valence electrons. The van der Waals surface area contributed by atoms with E-state index in [1.807, 2.05) is 30.3 Å². The van der Waals surface area contributed by atoms with E-state index >= 15 is 0 Å². The van der Waals surface area contributed by atoms with E-state index in [9.17, 15) is 4.79 Å². The third kappa shape index (κ3) is 12.4. The minimum Gasteiger partial charge on any atom is -0.463 e. The van der Waals surface area contributed by atoms with Gasteiger partial charge < -0.3 is 14.2 Å². The Balaban J connectivity index is 1.36. The lowest BCUT2D eigenvalue weighted by atomic mass is 10.1. The zero-order valence-corrected chi connectivity index (χ0v) is 20.1. The fourth-order valence-electron chi connectivity index (χ4n) is 3.92. The maximum Gasteiger partial charge on any atom is 0.305 e. The Morgan fingerprint density at radius 3 is 2.22 bits per heavy atom. The molecule has 1 heterocycles. The molecule has 1 aromatic carbocycles. The van der Waals surface area contributed by atoms with Gasteiger partial charge in [0.2, 0.25) is 0 Å². The molecule has 4 nitrogen and oxygen atoms in total. The summed E-state index contributed by atoms with van der Waals surface area (Å²) in [6.07, 6.45) is 21.0. The minimum atomic E-state index is -0.356. The number of hydrogen-bond acceptors (Lipinski definition) is 4. The molecule has 0 spiro atoms. The molecular formula is C28H44O4. The molecule has 0 aliphatic carbocycles. The third-order valence-electron chi connectivity index (χ3n) is 5.89. The van der Waals surface area contributed by atoms with E-state index in [1.54, 1.807) is 0 Å². The van der Waals surface area contributed by atoms with Gasteiger partial charge in [-0.3, -0.25) is 4.79 Å². The molecule has 32 heavy (non-hydrogen) atoms. The van der Waals surface area contributed by atoms with Crippen LogP contribution >= 0.6 is 0 Å². The van der Waals surface area contributed by atoms with Crippen LogP contribution in [0.5, 0.6) is 0 Å². The highest BCUT2D eigenvalue weighted by Gasteiger charge is 2.28. The summed E-state index contributed by atoms with van der Waals surface area (Å²) in [5.74, 6) is -0.130. The Morgan fingerprint density at radius 1 is 0.906 bits per heavy atom. The number of rotatable bonds is 18. The van der Waals surface area contributed by atoms with Gasteiger partial charge in [-0.25, -0.2) is 0 Å². The number of hydrogen-bond donors (Lipinski definition) is 0. The topological polar surface area (TPSA) is 44.8 Å².